The summed E-state index contributed by atoms with van der Waals surface area (Å²) in [6, 6.07) is 9.78. The molecule has 0 unspecified atom stereocenters. The monoisotopic (exact) mass is 386 g/mol. The third-order valence-electron chi connectivity index (χ3n) is 4.82. The summed E-state index contributed by atoms with van der Waals surface area (Å²) < 4.78 is 1.32. The van der Waals surface area contributed by atoms with E-state index in [-0.39, 0.29) is 29.8 Å². The highest BCUT2D eigenvalue weighted by molar-refractivity contribution is 5.96. The summed E-state index contributed by atoms with van der Waals surface area (Å²) in [5.74, 6) is -0.129. The zero-order chi connectivity index (χ0) is 20.7. The molecule has 0 aliphatic rings. The molecule has 0 fully saturated rings. The Morgan fingerprint density at radius 3 is 2.46 bits per heavy atom. The number of aromatic amines is 1. The fourth-order valence-electron chi connectivity index (χ4n) is 3.23. The van der Waals surface area contributed by atoms with Crippen molar-refractivity contribution in [2.24, 2.45) is 0 Å². The molecular weight excluding hydrogens is 356 g/mol. The highest BCUT2D eigenvalue weighted by atomic mass is 16.2. The number of nitrogens with one attached hydrogen (secondary N) is 1. The van der Waals surface area contributed by atoms with Crippen LogP contribution in [-0.4, -0.2) is 22.0 Å². The minimum Gasteiger partial charge on any atom is -0.383 e. The van der Waals surface area contributed by atoms with E-state index in [2.05, 4.69) is 4.98 Å². The molecule has 1 atom stereocenters. The van der Waals surface area contributed by atoms with Crippen LogP contribution < -0.4 is 21.9 Å². The molecule has 0 bridgehead atoms. The molecule has 1 amide bonds. The number of amides is 1. The lowest BCUT2D eigenvalue weighted by Crippen LogP contribution is -2.42. The van der Waals surface area contributed by atoms with Gasteiger partial charge in [-0.05, 0) is 24.3 Å². The van der Waals surface area contributed by atoms with Gasteiger partial charge >= 0.3 is 5.69 Å². The van der Waals surface area contributed by atoms with E-state index in [0.29, 0.717) is 19.5 Å². The smallest absolute Gasteiger partial charge is 0.330 e. The van der Waals surface area contributed by atoms with Crippen LogP contribution in [0, 0.1) is 0 Å². The SMILES string of the molecule is CCCCN(C(=O)C[C@H](C)c1ccccc1)c1c(N)n(CCC)c(=O)[nH]c1=O. The van der Waals surface area contributed by atoms with Crippen molar-refractivity contribution >= 4 is 17.4 Å². The second-order valence-corrected chi connectivity index (χ2v) is 7.06. The van der Waals surface area contributed by atoms with Gasteiger partial charge in [0, 0.05) is 19.5 Å². The largest absolute Gasteiger partial charge is 0.383 e. The summed E-state index contributed by atoms with van der Waals surface area (Å²) in [7, 11) is 0. The van der Waals surface area contributed by atoms with Crippen molar-refractivity contribution in [1.82, 2.24) is 9.55 Å². The first-order valence-corrected chi connectivity index (χ1v) is 9.88. The lowest BCUT2D eigenvalue weighted by molar-refractivity contribution is -0.119. The molecule has 7 heteroatoms. The van der Waals surface area contributed by atoms with E-state index in [1.807, 2.05) is 51.1 Å². The Balaban J connectivity index is 2.40. The Labute approximate surface area is 165 Å². The maximum Gasteiger partial charge on any atom is 0.330 e. The predicted octanol–water partition coefficient (Wildman–Crippen LogP) is 2.86. The van der Waals surface area contributed by atoms with Gasteiger partial charge in [-0.15, -0.1) is 0 Å². The van der Waals surface area contributed by atoms with Crippen molar-refractivity contribution < 1.29 is 4.79 Å². The Bertz CT molecular complexity index is 902. The van der Waals surface area contributed by atoms with Crippen LogP contribution in [0.4, 0.5) is 11.5 Å². The predicted molar refractivity (Wildman–Crippen MR) is 113 cm³/mol. The van der Waals surface area contributed by atoms with Gasteiger partial charge in [-0.3, -0.25) is 19.1 Å². The van der Waals surface area contributed by atoms with Crippen LogP contribution in [0.3, 0.4) is 0 Å². The van der Waals surface area contributed by atoms with Gasteiger partial charge in [0.15, 0.2) is 5.69 Å². The molecule has 1 aromatic heterocycles. The summed E-state index contributed by atoms with van der Waals surface area (Å²) in [4.78, 5) is 41.5. The van der Waals surface area contributed by atoms with E-state index in [4.69, 9.17) is 5.73 Å². The van der Waals surface area contributed by atoms with Crippen LogP contribution in [0.2, 0.25) is 0 Å². The zero-order valence-electron chi connectivity index (χ0n) is 16.9. The standard InChI is InChI=1S/C21H30N4O3/c1-4-6-13-24(17(26)14-15(3)16-10-8-7-9-11-16)18-19(22)25(12-5-2)21(28)23-20(18)27/h7-11,15H,4-6,12-14,22H2,1-3H3,(H,23,27,28)/t15-/m0/s1. The van der Waals surface area contributed by atoms with Crippen LogP contribution in [0.25, 0.3) is 0 Å². The normalized spacial score (nSPS) is 12.0. The van der Waals surface area contributed by atoms with Gasteiger partial charge in [0.25, 0.3) is 5.56 Å². The Morgan fingerprint density at radius 1 is 1.18 bits per heavy atom. The van der Waals surface area contributed by atoms with Crippen molar-refractivity contribution in [3.05, 3.63) is 56.7 Å². The van der Waals surface area contributed by atoms with Gasteiger partial charge in [0.2, 0.25) is 5.91 Å². The molecule has 2 aromatic rings. The van der Waals surface area contributed by atoms with Crippen LogP contribution in [0.1, 0.15) is 57.9 Å². The Hall–Kier alpha value is -2.83. The topological polar surface area (TPSA) is 101 Å². The van der Waals surface area contributed by atoms with Gasteiger partial charge in [0.05, 0.1) is 0 Å². The molecule has 7 nitrogen and oxygen atoms in total. The van der Waals surface area contributed by atoms with Crippen molar-refractivity contribution in [1.29, 1.82) is 0 Å². The van der Waals surface area contributed by atoms with Crippen molar-refractivity contribution in [2.75, 3.05) is 17.2 Å². The maximum atomic E-state index is 13.1. The molecule has 0 radical (unpaired) electrons. The van der Waals surface area contributed by atoms with E-state index >= 15 is 0 Å². The number of hydrogen-bond donors (Lipinski definition) is 2. The highest BCUT2D eigenvalue weighted by Crippen LogP contribution is 2.24. The molecule has 2 rings (SSSR count). The van der Waals surface area contributed by atoms with Crippen LogP contribution in [0.15, 0.2) is 39.9 Å². The summed E-state index contributed by atoms with van der Waals surface area (Å²) in [5.41, 5.74) is 6.14. The summed E-state index contributed by atoms with van der Waals surface area (Å²) in [5, 5.41) is 0. The second kappa shape index (κ2) is 9.92. The quantitative estimate of drug-likeness (QED) is 0.692. The van der Waals surface area contributed by atoms with Crippen molar-refractivity contribution in [3.63, 3.8) is 0 Å². The lowest BCUT2D eigenvalue weighted by Gasteiger charge is -2.25. The third-order valence-corrected chi connectivity index (χ3v) is 4.82. The molecule has 0 saturated carbocycles. The molecule has 0 spiro atoms. The van der Waals surface area contributed by atoms with Crippen molar-refractivity contribution in [3.8, 4) is 0 Å². The number of nitrogen functional groups attached to an aromatic ring is 1. The van der Waals surface area contributed by atoms with Crippen LogP contribution in [-0.2, 0) is 11.3 Å². The first-order chi connectivity index (χ1) is 13.4. The van der Waals surface area contributed by atoms with E-state index < -0.39 is 11.2 Å². The Morgan fingerprint density at radius 2 is 1.86 bits per heavy atom. The summed E-state index contributed by atoms with van der Waals surface area (Å²) in [6.07, 6.45) is 2.53. The van der Waals surface area contributed by atoms with Crippen LogP contribution in [0.5, 0.6) is 0 Å². The molecule has 0 aliphatic heterocycles. The second-order valence-electron chi connectivity index (χ2n) is 7.06. The number of unbranched alkanes of at least 4 members (excludes halogenated alkanes) is 1. The summed E-state index contributed by atoms with van der Waals surface area (Å²) in [6.45, 7) is 6.68. The number of nitrogens with two attached hydrogens (primary N) is 1. The first kappa shape index (κ1) is 21.5. The van der Waals surface area contributed by atoms with E-state index in [1.54, 1.807) is 0 Å². The van der Waals surface area contributed by atoms with Crippen molar-refractivity contribution in [2.45, 2.75) is 58.9 Å². The number of carbonyl (C=O) groups is 1. The molecule has 0 saturated heterocycles. The Kier molecular flexibility index (Phi) is 7.61. The average molecular weight is 386 g/mol. The molecule has 28 heavy (non-hydrogen) atoms. The van der Waals surface area contributed by atoms with E-state index in [9.17, 15) is 14.4 Å². The van der Waals surface area contributed by atoms with Gasteiger partial charge in [-0.1, -0.05) is 57.5 Å². The van der Waals surface area contributed by atoms with Gasteiger partial charge in [-0.2, -0.15) is 0 Å². The van der Waals surface area contributed by atoms with Gasteiger partial charge in [0.1, 0.15) is 5.82 Å². The molecule has 152 valence electrons. The molecular formula is C21H30N4O3. The molecule has 1 heterocycles. The minimum absolute atomic E-state index is 0.000297. The van der Waals surface area contributed by atoms with E-state index in [1.165, 1.54) is 9.47 Å². The fourth-order valence-corrected chi connectivity index (χ4v) is 3.23. The average Bonchev–Trinajstić information content (AvgIpc) is 2.68. The van der Waals surface area contributed by atoms with Gasteiger partial charge < -0.3 is 10.6 Å². The van der Waals surface area contributed by atoms with Crippen LogP contribution >= 0.6 is 0 Å². The third kappa shape index (κ3) is 4.91. The molecule has 3 N–H and O–H groups in total. The number of benzene rings is 1. The number of carbonyl (C=O) groups excluding carboxylic acids is 1. The number of H-pyrrole nitrogens is 1. The fraction of sp³-hybridized carbons (Fsp3) is 0.476. The number of nitrogens with zero attached hydrogens (tertiary/aromatic N) is 2. The highest BCUT2D eigenvalue weighted by Gasteiger charge is 2.25. The molecule has 1 aromatic carbocycles. The lowest BCUT2D eigenvalue weighted by atomic mass is 9.97. The number of rotatable bonds is 9. The number of hydrogen-bond acceptors (Lipinski definition) is 4. The maximum absolute atomic E-state index is 13.1. The summed E-state index contributed by atoms with van der Waals surface area (Å²) >= 11 is 0. The number of anilines is 2. The van der Waals surface area contributed by atoms with E-state index in [0.717, 1.165) is 18.4 Å². The zero-order valence-corrected chi connectivity index (χ0v) is 16.9. The molecule has 0 aliphatic carbocycles. The number of aromatic nitrogens is 2. The first-order valence-electron chi connectivity index (χ1n) is 9.88. The van der Waals surface area contributed by atoms with Gasteiger partial charge in [-0.25, -0.2) is 4.79 Å². The minimum atomic E-state index is -0.619.